The molecular weight excluding hydrogens is 192 g/mol. The fourth-order valence-electron chi connectivity index (χ4n) is 2.49. The first-order chi connectivity index (χ1) is 6.86. The van der Waals surface area contributed by atoms with E-state index in [0.717, 1.165) is 12.1 Å². The minimum absolute atomic E-state index is 0.812. The normalized spacial score (nSPS) is 34.1. The highest BCUT2D eigenvalue weighted by Gasteiger charge is 2.21. The number of likely N-dealkylation sites (tertiary alicyclic amines) is 1. The minimum Gasteiger partial charge on any atom is -0.313 e. The number of rotatable bonds is 4. The molecule has 2 saturated heterocycles. The Bertz CT molecular complexity index is 169. The monoisotopic (exact) mass is 214 g/mol. The smallest absolute Gasteiger partial charge is 0.0166 e. The van der Waals surface area contributed by atoms with Gasteiger partial charge in [0.25, 0.3) is 0 Å². The number of nitrogens with zero attached hydrogens (tertiary/aromatic N) is 1. The summed E-state index contributed by atoms with van der Waals surface area (Å²) in [6.45, 7) is 2.53. The Labute approximate surface area is 91.8 Å². The summed E-state index contributed by atoms with van der Waals surface area (Å²) in [6.07, 6.45) is 5.54. The molecule has 0 aromatic heterocycles. The molecule has 0 aromatic rings. The highest BCUT2D eigenvalue weighted by atomic mass is 32.2. The van der Waals surface area contributed by atoms with Crippen molar-refractivity contribution >= 4 is 11.8 Å². The van der Waals surface area contributed by atoms with Crippen LogP contribution in [0.25, 0.3) is 0 Å². The van der Waals surface area contributed by atoms with Crippen molar-refractivity contribution in [2.45, 2.75) is 37.8 Å². The first kappa shape index (κ1) is 10.8. The van der Waals surface area contributed by atoms with Gasteiger partial charge in [0.15, 0.2) is 0 Å². The van der Waals surface area contributed by atoms with Gasteiger partial charge in [0.2, 0.25) is 0 Å². The van der Waals surface area contributed by atoms with E-state index in [-0.39, 0.29) is 0 Å². The lowest BCUT2D eigenvalue weighted by molar-refractivity contribution is 0.291. The SMILES string of the molecule is CN1CCC[C@H]1CCN[C@@H]1CCSC1. The molecule has 0 aliphatic carbocycles. The molecule has 0 bridgehead atoms. The summed E-state index contributed by atoms with van der Waals surface area (Å²) in [5.74, 6) is 2.70. The molecule has 0 aromatic carbocycles. The minimum atomic E-state index is 0.812. The third-order valence-electron chi connectivity index (χ3n) is 3.51. The molecule has 2 fully saturated rings. The lowest BCUT2D eigenvalue weighted by atomic mass is 10.1. The molecule has 2 rings (SSSR count). The molecule has 2 heterocycles. The van der Waals surface area contributed by atoms with E-state index >= 15 is 0 Å². The standard InChI is InChI=1S/C11H22N2S/c1-13-7-2-3-11(13)4-6-12-10-5-8-14-9-10/h10-12H,2-9H2,1H3/t10-,11+/m1/s1. The van der Waals surface area contributed by atoms with Gasteiger partial charge in [-0.3, -0.25) is 0 Å². The maximum absolute atomic E-state index is 3.68. The summed E-state index contributed by atoms with van der Waals surface area (Å²) >= 11 is 2.09. The molecule has 14 heavy (non-hydrogen) atoms. The van der Waals surface area contributed by atoms with Crippen molar-refractivity contribution in [2.75, 3.05) is 31.6 Å². The van der Waals surface area contributed by atoms with E-state index in [1.807, 2.05) is 0 Å². The van der Waals surface area contributed by atoms with Gasteiger partial charge < -0.3 is 10.2 Å². The van der Waals surface area contributed by atoms with Crippen molar-refractivity contribution in [2.24, 2.45) is 0 Å². The summed E-state index contributed by atoms with van der Waals surface area (Å²) in [4.78, 5) is 2.52. The molecule has 2 atom stereocenters. The van der Waals surface area contributed by atoms with Crippen LogP contribution < -0.4 is 5.32 Å². The van der Waals surface area contributed by atoms with E-state index in [0.29, 0.717) is 0 Å². The van der Waals surface area contributed by atoms with E-state index < -0.39 is 0 Å². The van der Waals surface area contributed by atoms with Crippen LogP contribution in [0.15, 0.2) is 0 Å². The van der Waals surface area contributed by atoms with E-state index in [2.05, 4.69) is 29.0 Å². The van der Waals surface area contributed by atoms with Crippen molar-refractivity contribution in [3.05, 3.63) is 0 Å². The lowest BCUT2D eigenvalue weighted by Gasteiger charge is -2.20. The second-order valence-corrected chi connectivity index (χ2v) is 5.73. The Morgan fingerprint density at radius 1 is 1.43 bits per heavy atom. The highest BCUT2D eigenvalue weighted by Crippen LogP contribution is 2.19. The van der Waals surface area contributed by atoms with Crippen LogP contribution in [-0.2, 0) is 0 Å². The predicted molar refractivity (Wildman–Crippen MR) is 64.0 cm³/mol. The van der Waals surface area contributed by atoms with Crippen LogP contribution in [0.1, 0.15) is 25.7 Å². The number of hydrogen-bond donors (Lipinski definition) is 1. The zero-order chi connectivity index (χ0) is 9.80. The summed E-state index contributed by atoms with van der Waals surface area (Å²) in [5, 5.41) is 3.68. The average Bonchev–Trinajstić information content (AvgIpc) is 2.78. The Hall–Kier alpha value is 0.270. The molecule has 1 N–H and O–H groups in total. The first-order valence-electron chi connectivity index (χ1n) is 5.87. The molecule has 0 radical (unpaired) electrons. The molecule has 0 spiro atoms. The van der Waals surface area contributed by atoms with Crippen molar-refractivity contribution in [3.8, 4) is 0 Å². The van der Waals surface area contributed by atoms with Crippen molar-refractivity contribution < 1.29 is 0 Å². The summed E-state index contributed by atoms with van der Waals surface area (Å²) in [7, 11) is 2.27. The van der Waals surface area contributed by atoms with E-state index in [4.69, 9.17) is 0 Å². The van der Waals surface area contributed by atoms with Gasteiger partial charge in [0, 0.05) is 17.8 Å². The number of nitrogens with one attached hydrogen (secondary N) is 1. The Balaban J connectivity index is 1.57. The lowest BCUT2D eigenvalue weighted by Crippen LogP contribution is -2.34. The van der Waals surface area contributed by atoms with Crippen molar-refractivity contribution in [3.63, 3.8) is 0 Å². The zero-order valence-corrected chi connectivity index (χ0v) is 9.98. The molecular formula is C11H22N2S. The molecule has 3 heteroatoms. The Kier molecular flexibility index (Phi) is 4.14. The van der Waals surface area contributed by atoms with Crippen LogP contribution in [0.4, 0.5) is 0 Å². The van der Waals surface area contributed by atoms with Crippen LogP contribution in [0.3, 0.4) is 0 Å². The fourth-order valence-corrected chi connectivity index (χ4v) is 3.68. The van der Waals surface area contributed by atoms with Gasteiger partial charge in [-0.05, 0) is 51.6 Å². The predicted octanol–water partition coefficient (Wildman–Crippen LogP) is 1.57. The third-order valence-corrected chi connectivity index (χ3v) is 4.67. The van der Waals surface area contributed by atoms with Crippen molar-refractivity contribution in [1.82, 2.24) is 10.2 Å². The zero-order valence-electron chi connectivity index (χ0n) is 9.17. The van der Waals surface area contributed by atoms with Crippen LogP contribution in [0, 0.1) is 0 Å². The molecule has 82 valence electrons. The molecule has 0 unspecified atom stereocenters. The topological polar surface area (TPSA) is 15.3 Å². The van der Waals surface area contributed by atoms with Crippen LogP contribution in [0.2, 0.25) is 0 Å². The van der Waals surface area contributed by atoms with Gasteiger partial charge in [0.05, 0.1) is 0 Å². The third kappa shape index (κ3) is 2.88. The summed E-state index contributed by atoms with van der Waals surface area (Å²) < 4.78 is 0. The van der Waals surface area contributed by atoms with E-state index in [1.54, 1.807) is 0 Å². The summed E-state index contributed by atoms with van der Waals surface area (Å²) in [6, 6.07) is 1.67. The highest BCUT2D eigenvalue weighted by molar-refractivity contribution is 7.99. The molecule has 2 aliphatic heterocycles. The second kappa shape index (κ2) is 5.38. The van der Waals surface area contributed by atoms with Gasteiger partial charge in [-0.15, -0.1) is 0 Å². The maximum atomic E-state index is 3.68. The number of hydrogen-bond acceptors (Lipinski definition) is 3. The van der Waals surface area contributed by atoms with Gasteiger partial charge >= 0.3 is 0 Å². The van der Waals surface area contributed by atoms with E-state index in [9.17, 15) is 0 Å². The van der Waals surface area contributed by atoms with Gasteiger partial charge in [-0.1, -0.05) is 0 Å². The molecule has 2 nitrogen and oxygen atoms in total. The van der Waals surface area contributed by atoms with Crippen LogP contribution >= 0.6 is 11.8 Å². The van der Waals surface area contributed by atoms with Crippen LogP contribution in [0.5, 0.6) is 0 Å². The number of thioether (sulfide) groups is 1. The fraction of sp³-hybridized carbons (Fsp3) is 1.00. The molecule has 0 amide bonds. The van der Waals surface area contributed by atoms with Gasteiger partial charge in [-0.25, -0.2) is 0 Å². The average molecular weight is 214 g/mol. The quantitative estimate of drug-likeness (QED) is 0.765. The molecule has 2 aliphatic rings. The van der Waals surface area contributed by atoms with Crippen LogP contribution in [-0.4, -0.2) is 48.6 Å². The van der Waals surface area contributed by atoms with E-state index in [1.165, 1.54) is 50.3 Å². The maximum Gasteiger partial charge on any atom is 0.0166 e. The van der Waals surface area contributed by atoms with Gasteiger partial charge in [0.1, 0.15) is 0 Å². The summed E-state index contributed by atoms with van der Waals surface area (Å²) in [5.41, 5.74) is 0. The largest absolute Gasteiger partial charge is 0.313 e. The first-order valence-corrected chi connectivity index (χ1v) is 7.03. The van der Waals surface area contributed by atoms with Gasteiger partial charge in [-0.2, -0.15) is 11.8 Å². The van der Waals surface area contributed by atoms with Crippen molar-refractivity contribution in [1.29, 1.82) is 0 Å². The second-order valence-electron chi connectivity index (χ2n) is 4.58. The molecule has 0 saturated carbocycles. The Morgan fingerprint density at radius 3 is 3.00 bits per heavy atom. The Morgan fingerprint density at radius 2 is 2.36 bits per heavy atom.